The number of benzene rings is 1. The van der Waals surface area contributed by atoms with E-state index in [9.17, 15) is 12.8 Å². The first kappa shape index (κ1) is 21.5. The summed E-state index contributed by atoms with van der Waals surface area (Å²) in [7, 11) is -3.58. The van der Waals surface area contributed by atoms with Crippen LogP contribution in [0.15, 0.2) is 41.4 Å². The highest BCUT2D eigenvalue weighted by atomic mass is 32.2. The van der Waals surface area contributed by atoms with Crippen LogP contribution in [0.2, 0.25) is 0 Å². The first-order valence-corrected chi connectivity index (χ1v) is 11.8. The molecule has 1 saturated heterocycles. The SMILES string of the molecule is CCn1cc(S(=O)(=O)N2CCC(c3cc(CCOc4cccc(F)c4)[nH]n3)C2)c(C)n1. The molecule has 0 bridgehead atoms. The Bertz CT molecular complexity index is 1160. The predicted molar refractivity (Wildman–Crippen MR) is 113 cm³/mol. The average molecular weight is 448 g/mol. The topological polar surface area (TPSA) is 93.1 Å². The van der Waals surface area contributed by atoms with Crippen molar-refractivity contribution in [1.82, 2.24) is 24.3 Å². The van der Waals surface area contributed by atoms with E-state index >= 15 is 0 Å². The average Bonchev–Trinajstić information content (AvgIpc) is 3.47. The molecule has 8 nitrogen and oxygen atoms in total. The maximum absolute atomic E-state index is 13.2. The standard InChI is InChI=1S/C21H26FN5O3S/c1-3-26-14-21(15(2)25-26)31(28,29)27-9-7-16(13-27)20-12-18(23-24-20)8-10-30-19-6-4-5-17(22)11-19/h4-6,11-12,14,16H,3,7-10,13H2,1-2H3,(H,23,24). The highest BCUT2D eigenvalue weighted by Crippen LogP contribution is 2.31. The molecule has 3 aromatic rings. The van der Waals surface area contributed by atoms with Crippen LogP contribution in [0, 0.1) is 12.7 Å². The number of hydrogen-bond acceptors (Lipinski definition) is 5. The largest absolute Gasteiger partial charge is 0.493 e. The normalized spacial score (nSPS) is 17.3. The molecular formula is C21H26FN5O3S. The Kier molecular flexibility index (Phi) is 6.10. The molecule has 166 valence electrons. The van der Waals surface area contributed by atoms with Gasteiger partial charge >= 0.3 is 0 Å². The van der Waals surface area contributed by atoms with Gasteiger partial charge in [-0.1, -0.05) is 6.07 Å². The minimum absolute atomic E-state index is 0.0328. The molecule has 1 aliphatic heterocycles. The van der Waals surface area contributed by atoms with Gasteiger partial charge in [-0.15, -0.1) is 0 Å². The van der Waals surface area contributed by atoms with Gasteiger partial charge in [-0.05, 0) is 38.5 Å². The molecule has 0 spiro atoms. The highest BCUT2D eigenvalue weighted by Gasteiger charge is 2.36. The molecule has 1 aliphatic rings. The van der Waals surface area contributed by atoms with Crippen LogP contribution in [0.1, 0.15) is 36.3 Å². The second-order valence-corrected chi connectivity index (χ2v) is 9.56. The number of sulfonamides is 1. The molecule has 0 aliphatic carbocycles. The third-order valence-electron chi connectivity index (χ3n) is 5.50. The minimum Gasteiger partial charge on any atom is -0.493 e. The van der Waals surface area contributed by atoms with Gasteiger partial charge in [-0.2, -0.15) is 14.5 Å². The van der Waals surface area contributed by atoms with Crippen LogP contribution in [0.3, 0.4) is 0 Å². The van der Waals surface area contributed by atoms with E-state index in [4.69, 9.17) is 4.74 Å². The van der Waals surface area contributed by atoms with Crippen molar-refractivity contribution in [2.24, 2.45) is 0 Å². The number of nitrogens with zero attached hydrogens (tertiary/aromatic N) is 4. The molecule has 0 saturated carbocycles. The van der Waals surface area contributed by atoms with Crippen LogP contribution in [0.5, 0.6) is 5.75 Å². The van der Waals surface area contributed by atoms with E-state index in [2.05, 4.69) is 15.3 Å². The fraction of sp³-hybridized carbons (Fsp3) is 0.429. The number of halogens is 1. The lowest BCUT2D eigenvalue weighted by Crippen LogP contribution is -2.29. The molecule has 0 radical (unpaired) electrons. The summed E-state index contributed by atoms with van der Waals surface area (Å²) in [6.45, 7) is 5.50. The van der Waals surface area contributed by atoms with Gasteiger partial charge in [0.25, 0.3) is 0 Å². The van der Waals surface area contributed by atoms with Crippen molar-refractivity contribution in [2.45, 2.75) is 44.0 Å². The molecule has 4 rings (SSSR count). The number of ether oxygens (including phenoxy) is 1. The van der Waals surface area contributed by atoms with Crippen LogP contribution in [-0.2, 0) is 23.0 Å². The zero-order valence-electron chi connectivity index (χ0n) is 17.6. The summed E-state index contributed by atoms with van der Waals surface area (Å²) in [6, 6.07) is 7.98. The first-order valence-electron chi connectivity index (χ1n) is 10.3. The quantitative estimate of drug-likeness (QED) is 0.573. The second-order valence-electron chi connectivity index (χ2n) is 7.66. The summed E-state index contributed by atoms with van der Waals surface area (Å²) >= 11 is 0. The third kappa shape index (κ3) is 4.64. The lowest BCUT2D eigenvalue weighted by Gasteiger charge is -2.15. The Labute approximate surface area is 181 Å². The van der Waals surface area contributed by atoms with Gasteiger partial charge in [0.2, 0.25) is 10.0 Å². The molecule has 1 fully saturated rings. The monoisotopic (exact) mass is 447 g/mol. The van der Waals surface area contributed by atoms with Crippen molar-refractivity contribution in [2.75, 3.05) is 19.7 Å². The van der Waals surface area contributed by atoms with E-state index in [1.807, 2.05) is 13.0 Å². The third-order valence-corrected chi connectivity index (χ3v) is 7.47. The molecule has 0 amide bonds. The molecule has 1 N–H and O–H groups in total. The van der Waals surface area contributed by atoms with E-state index in [0.717, 1.165) is 11.4 Å². The summed E-state index contributed by atoms with van der Waals surface area (Å²) in [5, 5.41) is 11.6. The molecule has 1 atom stereocenters. The van der Waals surface area contributed by atoms with E-state index in [1.165, 1.54) is 16.4 Å². The van der Waals surface area contributed by atoms with Crippen molar-refractivity contribution >= 4 is 10.0 Å². The minimum atomic E-state index is -3.58. The number of aryl methyl sites for hydroxylation is 2. The maximum Gasteiger partial charge on any atom is 0.246 e. The molecule has 1 aromatic carbocycles. The summed E-state index contributed by atoms with van der Waals surface area (Å²) in [4.78, 5) is 0.271. The van der Waals surface area contributed by atoms with E-state index < -0.39 is 10.0 Å². The Morgan fingerprint density at radius 3 is 2.90 bits per heavy atom. The van der Waals surface area contributed by atoms with E-state index in [1.54, 1.807) is 29.9 Å². The van der Waals surface area contributed by atoms with Crippen LogP contribution in [0.25, 0.3) is 0 Å². The summed E-state index contributed by atoms with van der Waals surface area (Å²) in [5.74, 6) is 0.183. The Morgan fingerprint density at radius 2 is 2.16 bits per heavy atom. The molecular weight excluding hydrogens is 421 g/mol. The molecule has 10 heteroatoms. The predicted octanol–water partition coefficient (Wildman–Crippen LogP) is 2.87. The fourth-order valence-corrected chi connectivity index (χ4v) is 5.46. The van der Waals surface area contributed by atoms with Gasteiger partial charge in [0.15, 0.2) is 0 Å². The van der Waals surface area contributed by atoms with Gasteiger partial charge < -0.3 is 4.74 Å². The van der Waals surface area contributed by atoms with E-state index in [0.29, 0.717) is 50.5 Å². The van der Waals surface area contributed by atoms with Crippen molar-refractivity contribution in [3.05, 3.63) is 59.4 Å². The Hall–Kier alpha value is -2.72. The first-order chi connectivity index (χ1) is 14.9. The number of aromatic amines is 1. The molecule has 1 unspecified atom stereocenters. The Balaban J connectivity index is 1.36. The van der Waals surface area contributed by atoms with Crippen molar-refractivity contribution in [3.63, 3.8) is 0 Å². The fourth-order valence-electron chi connectivity index (χ4n) is 3.79. The summed E-state index contributed by atoms with van der Waals surface area (Å²) in [5.41, 5.74) is 2.26. The molecule has 3 heterocycles. The van der Waals surface area contributed by atoms with Gasteiger partial charge in [0.1, 0.15) is 16.5 Å². The number of H-pyrrole nitrogens is 1. The van der Waals surface area contributed by atoms with Crippen molar-refractivity contribution in [1.29, 1.82) is 0 Å². The number of aromatic nitrogens is 4. The van der Waals surface area contributed by atoms with Crippen LogP contribution in [0.4, 0.5) is 4.39 Å². The van der Waals surface area contributed by atoms with Crippen LogP contribution in [-0.4, -0.2) is 52.4 Å². The lowest BCUT2D eigenvalue weighted by atomic mass is 10.0. The Morgan fingerprint density at radius 1 is 1.32 bits per heavy atom. The summed E-state index contributed by atoms with van der Waals surface area (Å²) in [6.07, 6.45) is 2.90. The van der Waals surface area contributed by atoms with Gasteiger partial charge in [0.05, 0.1) is 18.0 Å². The zero-order valence-corrected chi connectivity index (χ0v) is 18.4. The second kappa shape index (κ2) is 8.80. The van der Waals surface area contributed by atoms with Gasteiger partial charge in [-0.3, -0.25) is 9.78 Å². The van der Waals surface area contributed by atoms with Crippen molar-refractivity contribution in [3.8, 4) is 5.75 Å². The van der Waals surface area contributed by atoms with Gasteiger partial charge in [-0.25, -0.2) is 12.8 Å². The van der Waals surface area contributed by atoms with Crippen LogP contribution < -0.4 is 4.74 Å². The number of nitrogens with one attached hydrogen (secondary N) is 1. The zero-order chi connectivity index (χ0) is 22.0. The summed E-state index contributed by atoms with van der Waals surface area (Å²) < 4.78 is 48.1. The van der Waals surface area contributed by atoms with Crippen LogP contribution >= 0.6 is 0 Å². The maximum atomic E-state index is 13.2. The number of hydrogen-bond donors (Lipinski definition) is 1. The smallest absolute Gasteiger partial charge is 0.246 e. The number of rotatable bonds is 8. The molecule has 2 aromatic heterocycles. The molecule has 31 heavy (non-hydrogen) atoms. The van der Waals surface area contributed by atoms with E-state index in [-0.39, 0.29) is 16.6 Å². The van der Waals surface area contributed by atoms with Crippen molar-refractivity contribution < 1.29 is 17.5 Å². The van der Waals surface area contributed by atoms with Gasteiger partial charge in [0, 0.05) is 49.9 Å². The highest BCUT2D eigenvalue weighted by molar-refractivity contribution is 7.89. The lowest BCUT2D eigenvalue weighted by molar-refractivity contribution is 0.319.